The molecule has 2 aromatic rings. The largest absolute Gasteiger partial charge is 0.416 e. The molecule has 1 saturated carbocycles. The maximum absolute atomic E-state index is 13.2. The number of benzene rings is 2. The summed E-state index contributed by atoms with van der Waals surface area (Å²) in [4.78, 5) is 14.8. The van der Waals surface area contributed by atoms with Crippen LogP contribution >= 0.6 is 0 Å². The second kappa shape index (κ2) is 7.53. The van der Waals surface area contributed by atoms with Gasteiger partial charge in [-0.3, -0.25) is 9.69 Å². The zero-order valence-corrected chi connectivity index (χ0v) is 15.6. The SMILES string of the molecule is N#Cc1ccc(CNC(=O)C2C3CN(Cc4ccccc4)C[C@@H]32)c(C(F)(F)F)c1. The van der Waals surface area contributed by atoms with Crippen molar-refractivity contribution in [1.29, 1.82) is 5.26 Å². The van der Waals surface area contributed by atoms with Gasteiger partial charge in [-0.15, -0.1) is 0 Å². The molecule has 2 aliphatic rings. The summed E-state index contributed by atoms with van der Waals surface area (Å²) in [5, 5.41) is 11.5. The van der Waals surface area contributed by atoms with Gasteiger partial charge in [-0.1, -0.05) is 36.4 Å². The zero-order valence-electron chi connectivity index (χ0n) is 15.6. The van der Waals surface area contributed by atoms with Gasteiger partial charge in [0.2, 0.25) is 5.91 Å². The highest BCUT2D eigenvalue weighted by Gasteiger charge is 2.59. The molecule has 1 aliphatic heterocycles. The number of alkyl halides is 3. The highest BCUT2D eigenvalue weighted by molar-refractivity contribution is 5.82. The molecule has 0 bridgehead atoms. The zero-order chi connectivity index (χ0) is 20.6. The summed E-state index contributed by atoms with van der Waals surface area (Å²) in [6.07, 6.45) is -4.57. The normalized spacial score (nSPS) is 23.3. The van der Waals surface area contributed by atoms with E-state index >= 15 is 0 Å². The van der Waals surface area contributed by atoms with Crippen molar-refractivity contribution in [2.75, 3.05) is 13.1 Å². The number of nitrogens with one attached hydrogen (secondary N) is 1. The Morgan fingerprint density at radius 1 is 1.14 bits per heavy atom. The van der Waals surface area contributed by atoms with Crippen molar-refractivity contribution < 1.29 is 18.0 Å². The lowest BCUT2D eigenvalue weighted by Crippen LogP contribution is -2.31. The number of rotatable bonds is 5. The Bertz CT molecular complexity index is 940. The molecule has 1 heterocycles. The lowest BCUT2D eigenvalue weighted by molar-refractivity contribution is -0.138. The number of nitrogens with zero attached hydrogens (tertiary/aromatic N) is 2. The van der Waals surface area contributed by atoms with E-state index in [1.165, 1.54) is 17.7 Å². The molecule has 3 atom stereocenters. The van der Waals surface area contributed by atoms with E-state index in [9.17, 15) is 18.0 Å². The Labute approximate surface area is 166 Å². The molecule has 2 fully saturated rings. The third-order valence-corrected chi connectivity index (χ3v) is 5.82. The number of piperidine rings is 1. The van der Waals surface area contributed by atoms with Gasteiger partial charge in [0, 0.05) is 32.1 Å². The number of hydrogen-bond donors (Lipinski definition) is 1. The first-order valence-electron chi connectivity index (χ1n) is 9.51. The van der Waals surface area contributed by atoms with Crippen LogP contribution in [0.1, 0.15) is 22.3 Å². The van der Waals surface area contributed by atoms with E-state index in [0.29, 0.717) is 0 Å². The molecule has 150 valence electrons. The van der Waals surface area contributed by atoms with Crippen molar-refractivity contribution in [3.63, 3.8) is 0 Å². The van der Waals surface area contributed by atoms with E-state index < -0.39 is 11.7 Å². The van der Waals surface area contributed by atoms with Crippen molar-refractivity contribution in [2.24, 2.45) is 17.8 Å². The first kappa shape index (κ1) is 19.5. The van der Waals surface area contributed by atoms with E-state index in [-0.39, 0.29) is 41.3 Å². The van der Waals surface area contributed by atoms with Gasteiger partial charge in [0.1, 0.15) is 0 Å². The van der Waals surface area contributed by atoms with Crippen molar-refractivity contribution in [1.82, 2.24) is 10.2 Å². The van der Waals surface area contributed by atoms with E-state index in [0.717, 1.165) is 25.7 Å². The standard InChI is InChI=1S/C22H20F3N3O/c23-22(24,25)19-8-15(9-26)6-7-16(19)10-27-21(29)20-17-12-28(13-18(17)20)11-14-4-2-1-3-5-14/h1-8,17-18,20H,10-13H2,(H,27,29)/t17-,18?,20?/m0/s1. The minimum absolute atomic E-state index is 0.0265. The third-order valence-electron chi connectivity index (χ3n) is 5.82. The summed E-state index contributed by atoms with van der Waals surface area (Å²) >= 11 is 0. The smallest absolute Gasteiger partial charge is 0.352 e. The molecule has 1 amide bonds. The van der Waals surface area contributed by atoms with Crippen LogP contribution in [0.15, 0.2) is 48.5 Å². The Kier molecular flexibility index (Phi) is 5.05. The van der Waals surface area contributed by atoms with E-state index in [1.807, 2.05) is 18.2 Å². The van der Waals surface area contributed by atoms with Gasteiger partial charge in [0.15, 0.2) is 0 Å². The summed E-state index contributed by atoms with van der Waals surface area (Å²) < 4.78 is 39.7. The molecular formula is C22H20F3N3O. The Morgan fingerprint density at radius 3 is 2.45 bits per heavy atom. The van der Waals surface area contributed by atoms with Crippen LogP contribution in [0.4, 0.5) is 13.2 Å². The van der Waals surface area contributed by atoms with Gasteiger partial charge in [-0.2, -0.15) is 18.4 Å². The van der Waals surface area contributed by atoms with Gasteiger partial charge >= 0.3 is 6.18 Å². The molecule has 1 saturated heterocycles. The van der Waals surface area contributed by atoms with Crippen molar-refractivity contribution in [3.05, 3.63) is 70.8 Å². The van der Waals surface area contributed by atoms with Crippen molar-refractivity contribution in [3.8, 4) is 6.07 Å². The Morgan fingerprint density at radius 2 is 1.83 bits per heavy atom. The van der Waals surface area contributed by atoms with Crippen LogP contribution in [0.5, 0.6) is 0 Å². The summed E-state index contributed by atoms with van der Waals surface area (Å²) in [5.74, 6) is 0.259. The number of carbonyl (C=O) groups is 1. The van der Waals surface area contributed by atoms with Crippen LogP contribution < -0.4 is 5.32 Å². The van der Waals surface area contributed by atoms with Crippen LogP contribution in [-0.4, -0.2) is 23.9 Å². The number of fused-ring (bicyclic) bond motifs is 1. The molecule has 0 radical (unpaired) electrons. The van der Waals surface area contributed by atoms with E-state index in [4.69, 9.17) is 5.26 Å². The minimum Gasteiger partial charge on any atom is -0.352 e. The van der Waals surface area contributed by atoms with Crippen LogP contribution in [-0.2, 0) is 24.1 Å². The fourth-order valence-electron chi connectivity index (χ4n) is 4.34. The molecule has 4 nitrogen and oxygen atoms in total. The monoisotopic (exact) mass is 399 g/mol. The van der Waals surface area contributed by atoms with Gasteiger partial charge in [0.25, 0.3) is 0 Å². The average Bonchev–Trinajstić information content (AvgIpc) is 3.21. The highest BCUT2D eigenvalue weighted by atomic mass is 19.4. The number of amides is 1. The lowest BCUT2D eigenvalue weighted by atomic mass is 10.0. The lowest BCUT2D eigenvalue weighted by Gasteiger charge is -2.19. The maximum atomic E-state index is 13.2. The molecule has 0 aromatic heterocycles. The molecule has 4 rings (SSSR count). The number of nitriles is 1. The predicted octanol–water partition coefficient (Wildman–Crippen LogP) is 3.57. The minimum atomic E-state index is -4.57. The first-order chi connectivity index (χ1) is 13.9. The van der Waals surface area contributed by atoms with Gasteiger partial charge in [-0.05, 0) is 35.1 Å². The fourth-order valence-corrected chi connectivity index (χ4v) is 4.34. The second-order valence-electron chi connectivity index (χ2n) is 7.73. The second-order valence-corrected chi connectivity index (χ2v) is 7.73. The topological polar surface area (TPSA) is 56.1 Å². The van der Waals surface area contributed by atoms with E-state index in [2.05, 4.69) is 22.3 Å². The molecule has 2 unspecified atom stereocenters. The first-order valence-corrected chi connectivity index (χ1v) is 9.51. The van der Waals surface area contributed by atoms with E-state index in [1.54, 1.807) is 6.07 Å². The molecule has 29 heavy (non-hydrogen) atoms. The maximum Gasteiger partial charge on any atom is 0.416 e. The van der Waals surface area contributed by atoms with Crippen LogP contribution in [0, 0.1) is 29.1 Å². The number of halogens is 3. The summed E-state index contributed by atoms with van der Waals surface area (Å²) in [5.41, 5.74) is 0.279. The summed E-state index contributed by atoms with van der Waals surface area (Å²) in [6, 6.07) is 15.3. The number of hydrogen-bond acceptors (Lipinski definition) is 3. The molecule has 2 aromatic carbocycles. The molecular weight excluding hydrogens is 379 g/mol. The summed E-state index contributed by atoms with van der Waals surface area (Å²) in [7, 11) is 0. The molecule has 1 N–H and O–H groups in total. The number of carbonyl (C=O) groups excluding carboxylic acids is 1. The summed E-state index contributed by atoms with van der Waals surface area (Å²) in [6.45, 7) is 2.33. The molecule has 7 heteroatoms. The van der Waals surface area contributed by atoms with Gasteiger partial charge in [0.05, 0.1) is 17.2 Å². The predicted molar refractivity (Wildman–Crippen MR) is 100 cm³/mol. The van der Waals surface area contributed by atoms with Crippen molar-refractivity contribution in [2.45, 2.75) is 19.3 Å². The quantitative estimate of drug-likeness (QED) is 0.836. The van der Waals surface area contributed by atoms with Crippen LogP contribution in [0.2, 0.25) is 0 Å². The van der Waals surface area contributed by atoms with Crippen molar-refractivity contribution >= 4 is 5.91 Å². The molecule has 0 spiro atoms. The van der Waals surface area contributed by atoms with Crippen LogP contribution in [0.25, 0.3) is 0 Å². The third kappa shape index (κ3) is 4.13. The van der Waals surface area contributed by atoms with Gasteiger partial charge in [-0.25, -0.2) is 0 Å². The number of likely N-dealkylation sites (tertiary alicyclic amines) is 1. The fraction of sp³-hybridized carbons (Fsp3) is 0.364. The Balaban J connectivity index is 1.32. The average molecular weight is 399 g/mol. The molecule has 1 aliphatic carbocycles. The highest BCUT2D eigenvalue weighted by Crippen LogP contribution is 2.52. The van der Waals surface area contributed by atoms with Crippen LogP contribution in [0.3, 0.4) is 0 Å². The van der Waals surface area contributed by atoms with Gasteiger partial charge < -0.3 is 5.32 Å². The Hall–Kier alpha value is -2.85.